The summed E-state index contributed by atoms with van der Waals surface area (Å²) in [6, 6.07) is 5.67. The fourth-order valence-electron chi connectivity index (χ4n) is 4.05. The Morgan fingerprint density at radius 3 is 2.50 bits per heavy atom. The molecule has 0 aromatic heterocycles. The van der Waals surface area contributed by atoms with Crippen molar-refractivity contribution in [3.8, 4) is 0 Å². The second-order valence-electron chi connectivity index (χ2n) is 6.48. The Kier molecular flexibility index (Phi) is 3.19. The van der Waals surface area contributed by atoms with Crippen molar-refractivity contribution in [1.29, 1.82) is 0 Å². The van der Waals surface area contributed by atoms with Crippen molar-refractivity contribution in [3.63, 3.8) is 0 Å². The molecule has 0 heterocycles. The predicted molar refractivity (Wildman–Crippen MR) is 77.3 cm³/mol. The van der Waals surface area contributed by atoms with E-state index < -0.39 is 0 Å². The van der Waals surface area contributed by atoms with Crippen LogP contribution in [0.25, 0.3) is 0 Å². The lowest BCUT2D eigenvalue weighted by atomic mass is 9.78. The molecule has 1 aromatic carbocycles. The molecule has 0 saturated heterocycles. The van der Waals surface area contributed by atoms with Crippen molar-refractivity contribution in [2.24, 2.45) is 0 Å². The van der Waals surface area contributed by atoms with Gasteiger partial charge in [0.25, 0.3) is 0 Å². The highest BCUT2D eigenvalue weighted by Gasteiger charge is 2.29. The van der Waals surface area contributed by atoms with Crippen LogP contribution in [0.5, 0.6) is 0 Å². The summed E-state index contributed by atoms with van der Waals surface area (Å²) in [4.78, 5) is 2.44. The third kappa shape index (κ3) is 2.09. The standard InChI is InChI=1S/C17H25N/c1-12-9-13-5-4-6-14-11-16(18(2)3)8-7-15(10-12)17(13)14/h9-10,14,16H,4-8,11H2,1-3H3. The Hall–Kier alpha value is -0.820. The quantitative estimate of drug-likeness (QED) is 0.727. The summed E-state index contributed by atoms with van der Waals surface area (Å²) in [6.07, 6.45) is 8.10. The van der Waals surface area contributed by atoms with Crippen molar-refractivity contribution in [3.05, 3.63) is 34.4 Å². The molecule has 0 spiro atoms. The van der Waals surface area contributed by atoms with Gasteiger partial charge in [-0.25, -0.2) is 0 Å². The molecule has 0 radical (unpaired) electrons. The molecule has 0 fully saturated rings. The number of hydrogen-bond donors (Lipinski definition) is 0. The van der Waals surface area contributed by atoms with Crippen LogP contribution in [0.15, 0.2) is 12.1 Å². The van der Waals surface area contributed by atoms with Gasteiger partial charge in [0.1, 0.15) is 0 Å². The molecule has 2 aliphatic carbocycles. The summed E-state index contributed by atoms with van der Waals surface area (Å²) in [5.41, 5.74) is 6.55. The number of benzene rings is 1. The lowest BCUT2D eigenvalue weighted by Crippen LogP contribution is -2.29. The zero-order chi connectivity index (χ0) is 12.7. The summed E-state index contributed by atoms with van der Waals surface area (Å²) >= 11 is 0. The van der Waals surface area contributed by atoms with Gasteiger partial charge in [-0.3, -0.25) is 0 Å². The molecule has 1 nitrogen and oxygen atoms in total. The molecule has 2 aliphatic rings. The van der Waals surface area contributed by atoms with Gasteiger partial charge in [0.15, 0.2) is 0 Å². The number of aryl methyl sites for hydroxylation is 3. The van der Waals surface area contributed by atoms with E-state index in [1.807, 2.05) is 0 Å². The van der Waals surface area contributed by atoms with Crippen molar-refractivity contribution in [1.82, 2.24) is 4.90 Å². The molecule has 1 heteroatoms. The summed E-state index contributed by atoms with van der Waals surface area (Å²) < 4.78 is 0. The monoisotopic (exact) mass is 243 g/mol. The van der Waals surface area contributed by atoms with Gasteiger partial charge in [0, 0.05) is 6.04 Å². The number of hydrogen-bond acceptors (Lipinski definition) is 1. The number of rotatable bonds is 1. The highest BCUT2D eigenvalue weighted by atomic mass is 15.1. The van der Waals surface area contributed by atoms with Gasteiger partial charge < -0.3 is 4.90 Å². The minimum atomic E-state index is 0.772. The fourth-order valence-corrected chi connectivity index (χ4v) is 4.05. The molecule has 0 amide bonds. The molecular weight excluding hydrogens is 218 g/mol. The van der Waals surface area contributed by atoms with Crippen LogP contribution in [-0.2, 0) is 12.8 Å². The van der Waals surface area contributed by atoms with Crippen molar-refractivity contribution < 1.29 is 0 Å². The van der Waals surface area contributed by atoms with Gasteiger partial charge >= 0.3 is 0 Å². The summed E-state index contributed by atoms with van der Waals surface area (Å²) in [6.45, 7) is 2.26. The van der Waals surface area contributed by atoms with Crippen molar-refractivity contribution in [2.75, 3.05) is 14.1 Å². The minimum Gasteiger partial charge on any atom is -0.306 e. The molecule has 1 aromatic rings. The van der Waals surface area contributed by atoms with E-state index in [0.717, 1.165) is 12.0 Å². The van der Waals surface area contributed by atoms with E-state index in [0.29, 0.717) is 0 Å². The average molecular weight is 243 g/mol. The van der Waals surface area contributed by atoms with Crippen LogP contribution in [0.1, 0.15) is 53.9 Å². The first-order valence-electron chi connectivity index (χ1n) is 7.44. The SMILES string of the molecule is Cc1cc2c3c(c1)CCC(N(C)C)CC3CCC2. The first-order chi connectivity index (χ1) is 8.65. The Morgan fingerprint density at radius 2 is 1.78 bits per heavy atom. The summed E-state index contributed by atoms with van der Waals surface area (Å²) in [5.74, 6) is 0.833. The van der Waals surface area contributed by atoms with Crippen LogP contribution in [0, 0.1) is 6.92 Å². The maximum atomic E-state index is 2.45. The van der Waals surface area contributed by atoms with Crippen LogP contribution in [0.3, 0.4) is 0 Å². The predicted octanol–water partition coefficient (Wildman–Crippen LogP) is 3.68. The maximum Gasteiger partial charge on any atom is 0.00981 e. The molecule has 18 heavy (non-hydrogen) atoms. The van der Waals surface area contributed by atoms with E-state index in [1.165, 1.54) is 44.1 Å². The third-order valence-corrected chi connectivity index (χ3v) is 4.94. The van der Waals surface area contributed by atoms with E-state index in [2.05, 4.69) is 38.1 Å². The fraction of sp³-hybridized carbons (Fsp3) is 0.647. The zero-order valence-corrected chi connectivity index (χ0v) is 12.0. The van der Waals surface area contributed by atoms with E-state index in [-0.39, 0.29) is 0 Å². The van der Waals surface area contributed by atoms with Crippen LogP contribution < -0.4 is 0 Å². The van der Waals surface area contributed by atoms with Gasteiger partial charge in [0.2, 0.25) is 0 Å². The largest absolute Gasteiger partial charge is 0.306 e. The normalized spacial score (nSPS) is 26.9. The lowest BCUT2D eigenvalue weighted by Gasteiger charge is -2.30. The van der Waals surface area contributed by atoms with E-state index in [9.17, 15) is 0 Å². The highest BCUT2D eigenvalue weighted by molar-refractivity contribution is 5.43. The second-order valence-corrected chi connectivity index (χ2v) is 6.48. The highest BCUT2D eigenvalue weighted by Crippen LogP contribution is 2.41. The lowest BCUT2D eigenvalue weighted by molar-refractivity contribution is 0.251. The summed E-state index contributed by atoms with van der Waals surface area (Å²) in [7, 11) is 4.49. The molecule has 0 bridgehead atoms. The molecule has 2 unspecified atom stereocenters. The van der Waals surface area contributed by atoms with Gasteiger partial charge in [-0.05, 0) is 82.2 Å². The molecule has 0 saturated carbocycles. The second kappa shape index (κ2) is 4.70. The Balaban J connectivity index is 2.02. The molecule has 2 atom stereocenters. The molecule has 3 rings (SSSR count). The Labute approximate surface area is 111 Å². The van der Waals surface area contributed by atoms with Gasteiger partial charge in [-0.2, -0.15) is 0 Å². The topological polar surface area (TPSA) is 3.24 Å². The first kappa shape index (κ1) is 12.2. The molecule has 0 N–H and O–H groups in total. The van der Waals surface area contributed by atoms with Gasteiger partial charge in [-0.1, -0.05) is 17.7 Å². The zero-order valence-electron chi connectivity index (χ0n) is 12.0. The molecular formula is C17H25N. The Morgan fingerprint density at radius 1 is 1.06 bits per heavy atom. The average Bonchev–Trinajstić information content (AvgIpc) is 2.50. The molecule has 0 aliphatic heterocycles. The van der Waals surface area contributed by atoms with Crippen LogP contribution in [-0.4, -0.2) is 25.0 Å². The summed E-state index contributed by atoms with van der Waals surface area (Å²) in [5, 5.41) is 0. The first-order valence-corrected chi connectivity index (χ1v) is 7.44. The van der Waals surface area contributed by atoms with Gasteiger partial charge in [-0.15, -0.1) is 0 Å². The molecule has 98 valence electrons. The van der Waals surface area contributed by atoms with E-state index >= 15 is 0 Å². The van der Waals surface area contributed by atoms with Gasteiger partial charge in [0.05, 0.1) is 0 Å². The Bertz CT molecular complexity index is 447. The van der Waals surface area contributed by atoms with E-state index in [1.54, 1.807) is 16.7 Å². The maximum absolute atomic E-state index is 2.45. The van der Waals surface area contributed by atoms with Crippen molar-refractivity contribution >= 4 is 0 Å². The number of nitrogens with zero attached hydrogens (tertiary/aromatic N) is 1. The van der Waals surface area contributed by atoms with Crippen LogP contribution >= 0.6 is 0 Å². The van der Waals surface area contributed by atoms with Crippen LogP contribution in [0.2, 0.25) is 0 Å². The van der Waals surface area contributed by atoms with Crippen molar-refractivity contribution in [2.45, 2.75) is 57.4 Å². The smallest absolute Gasteiger partial charge is 0.00981 e. The van der Waals surface area contributed by atoms with E-state index in [4.69, 9.17) is 0 Å². The minimum absolute atomic E-state index is 0.772. The van der Waals surface area contributed by atoms with Crippen LogP contribution in [0.4, 0.5) is 0 Å². The third-order valence-electron chi connectivity index (χ3n) is 4.94.